The summed E-state index contributed by atoms with van der Waals surface area (Å²) in [6.45, 7) is 11.3. The van der Waals surface area contributed by atoms with E-state index in [1.807, 2.05) is 0 Å². The Morgan fingerprint density at radius 1 is 0.589 bits per heavy atom. The van der Waals surface area contributed by atoms with Crippen LogP contribution in [0, 0.1) is 0 Å². The Kier molecular flexibility index (Phi) is 9.60. The number of nitrogens with zero attached hydrogens (tertiary/aromatic N) is 2. The monoisotopic (exact) mass is 782 g/mol. The summed E-state index contributed by atoms with van der Waals surface area (Å²) in [6.07, 6.45) is 9.07. The molecule has 0 N–H and O–H groups in total. The van der Waals surface area contributed by atoms with Crippen molar-refractivity contribution in [1.29, 1.82) is 0 Å². The van der Waals surface area contributed by atoms with Crippen LogP contribution < -0.4 is 4.90 Å². The molecule has 2 aliphatic rings. The first-order valence-electron chi connectivity index (χ1n) is 18.9. The van der Waals surface area contributed by atoms with Gasteiger partial charge in [-0.15, -0.1) is 0 Å². The standard InChI is InChI=1S/C47H45N2.F6P/c1-5-48-40-30-28-36-22-13-15-24-38(36)44(40)46(3,32-34-18-9-7-10-19-34)42(48)26-17-27-43-47(4,33-35-20-11-8-12-21-35)45-39-25-16-14-23-37(39)29-31-41(45)49(43)6-2;1-7(2,3,4,5)6/h7-31H,5-6,32-33H2,1-4H3;/q+1;-1. The van der Waals surface area contributed by atoms with Gasteiger partial charge in [0.1, 0.15) is 6.54 Å². The van der Waals surface area contributed by atoms with E-state index in [9.17, 15) is 25.2 Å². The summed E-state index contributed by atoms with van der Waals surface area (Å²) in [6, 6.07) is 49.1. The number of benzene rings is 6. The van der Waals surface area contributed by atoms with Crippen molar-refractivity contribution >= 4 is 46.4 Å². The number of anilines is 1. The van der Waals surface area contributed by atoms with Crippen LogP contribution in [-0.2, 0) is 23.7 Å². The van der Waals surface area contributed by atoms with Gasteiger partial charge < -0.3 is 4.90 Å². The zero-order valence-corrected chi connectivity index (χ0v) is 32.8. The number of rotatable bonds is 8. The molecule has 0 aromatic heterocycles. The predicted octanol–water partition coefficient (Wildman–Crippen LogP) is 14.5. The van der Waals surface area contributed by atoms with E-state index < -0.39 is 7.81 Å². The average Bonchev–Trinajstić information content (AvgIpc) is 3.54. The summed E-state index contributed by atoms with van der Waals surface area (Å²) < 4.78 is 61.7. The molecule has 290 valence electrons. The Labute approximate surface area is 324 Å². The molecule has 0 amide bonds. The van der Waals surface area contributed by atoms with Crippen molar-refractivity contribution in [3.8, 4) is 0 Å². The number of hydrogen-bond acceptors (Lipinski definition) is 1. The van der Waals surface area contributed by atoms with E-state index in [4.69, 9.17) is 0 Å². The summed E-state index contributed by atoms with van der Waals surface area (Å²) in [7, 11) is -10.7. The van der Waals surface area contributed by atoms with Crippen LogP contribution in [0.15, 0.2) is 157 Å². The second kappa shape index (κ2) is 13.8. The zero-order chi connectivity index (χ0) is 40.0. The molecule has 8 rings (SSSR count). The van der Waals surface area contributed by atoms with E-state index in [0.29, 0.717) is 0 Å². The van der Waals surface area contributed by atoms with Crippen molar-refractivity contribution in [2.75, 3.05) is 18.0 Å². The number of likely N-dealkylation sites (N-methyl/N-ethyl adjacent to an activating group) is 1. The van der Waals surface area contributed by atoms with Gasteiger partial charge in [0.15, 0.2) is 5.71 Å². The molecule has 0 saturated carbocycles. The number of hydrogen-bond donors (Lipinski definition) is 0. The van der Waals surface area contributed by atoms with Crippen LogP contribution in [0.3, 0.4) is 0 Å². The first-order valence-corrected chi connectivity index (χ1v) is 20.9. The summed E-state index contributed by atoms with van der Waals surface area (Å²) >= 11 is 0. The van der Waals surface area contributed by atoms with Crippen molar-refractivity contribution in [2.24, 2.45) is 0 Å². The molecular weight excluding hydrogens is 737 g/mol. The fourth-order valence-corrected chi connectivity index (χ4v) is 9.07. The second-order valence-corrected chi connectivity index (χ2v) is 17.0. The first kappa shape index (κ1) is 39.1. The van der Waals surface area contributed by atoms with E-state index >= 15 is 0 Å². The first-order chi connectivity index (χ1) is 26.4. The number of halogens is 6. The molecule has 2 atom stereocenters. The number of allylic oxidation sites excluding steroid dienone is 4. The Morgan fingerprint density at radius 2 is 1.07 bits per heavy atom. The molecule has 2 aliphatic heterocycles. The van der Waals surface area contributed by atoms with Crippen LogP contribution in [-0.4, -0.2) is 23.4 Å². The van der Waals surface area contributed by atoms with Crippen LogP contribution in [0.25, 0.3) is 21.5 Å². The van der Waals surface area contributed by atoms with Crippen LogP contribution >= 0.6 is 7.81 Å². The van der Waals surface area contributed by atoms with Crippen LogP contribution in [0.4, 0.5) is 36.6 Å². The van der Waals surface area contributed by atoms with Gasteiger partial charge in [0, 0.05) is 41.1 Å². The van der Waals surface area contributed by atoms with Crippen molar-refractivity contribution < 1.29 is 29.8 Å². The van der Waals surface area contributed by atoms with Crippen molar-refractivity contribution in [1.82, 2.24) is 0 Å². The van der Waals surface area contributed by atoms with E-state index in [2.05, 4.69) is 189 Å². The van der Waals surface area contributed by atoms with E-state index in [0.717, 1.165) is 25.9 Å². The Balaban J connectivity index is 0.000000629. The molecule has 0 radical (unpaired) electrons. The summed E-state index contributed by atoms with van der Waals surface area (Å²) in [5.74, 6) is 0. The minimum absolute atomic E-state index is 0.199. The molecule has 0 spiro atoms. The third kappa shape index (κ3) is 7.90. The van der Waals surface area contributed by atoms with E-state index in [1.165, 1.54) is 66.6 Å². The molecule has 0 bridgehead atoms. The molecule has 2 unspecified atom stereocenters. The fraction of sp³-hybridized carbons (Fsp3) is 0.213. The van der Waals surface area contributed by atoms with Crippen molar-refractivity contribution in [3.05, 3.63) is 180 Å². The molecule has 2 nitrogen and oxygen atoms in total. The molecule has 9 heteroatoms. The van der Waals surface area contributed by atoms with E-state index in [-0.39, 0.29) is 10.8 Å². The molecule has 6 aromatic rings. The van der Waals surface area contributed by atoms with Crippen molar-refractivity contribution in [2.45, 2.75) is 51.4 Å². The SMILES string of the molecule is CCN1C(=CC=CC2=[N+](CC)c3ccc4ccccc4c3C2(C)Cc2ccccc2)C(C)(Cc2ccccc2)c2c1ccc1ccccc21.F[P-](F)(F)(F)(F)F. The Hall–Kier alpha value is -5.20. The van der Waals surface area contributed by atoms with Gasteiger partial charge in [-0.3, -0.25) is 0 Å². The summed E-state index contributed by atoms with van der Waals surface area (Å²) in [5.41, 5.74) is 10.6. The zero-order valence-electron chi connectivity index (χ0n) is 31.9. The molecular formula is C47H45F6N2P. The maximum atomic E-state index is 9.87. The molecule has 56 heavy (non-hydrogen) atoms. The quantitative estimate of drug-likeness (QED) is 0.0847. The van der Waals surface area contributed by atoms with Gasteiger partial charge in [0.2, 0.25) is 5.69 Å². The Morgan fingerprint density at radius 3 is 1.61 bits per heavy atom. The van der Waals surface area contributed by atoms with E-state index in [1.54, 1.807) is 0 Å². The predicted molar refractivity (Wildman–Crippen MR) is 222 cm³/mol. The van der Waals surface area contributed by atoms with Gasteiger partial charge in [0.05, 0.1) is 5.41 Å². The second-order valence-electron chi connectivity index (χ2n) is 15.1. The average molecular weight is 783 g/mol. The summed E-state index contributed by atoms with van der Waals surface area (Å²) in [5, 5.41) is 5.30. The van der Waals surface area contributed by atoms with Gasteiger partial charge >= 0.3 is 33.0 Å². The third-order valence-electron chi connectivity index (χ3n) is 11.2. The van der Waals surface area contributed by atoms with Gasteiger partial charge in [-0.1, -0.05) is 121 Å². The summed E-state index contributed by atoms with van der Waals surface area (Å²) in [4.78, 5) is 2.55. The molecule has 6 aromatic carbocycles. The number of fused-ring (bicyclic) bond motifs is 6. The van der Waals surface area contributed by atoms with Gasteiger partial charge in [-0.2, -0.15) is 4.58 Å². The minimum atomic E-state index is -10.7. The van der Waals surface area contributed by atoms with Crippen LogP contribution in [0.2, 0.25) is 0 Å². The van der Waals surface area contributed by atoms with Crippen LogP contribution in [0.5, 0.6) is 0 Å². The normalized spacial score (nSPS) is 21.2. The molecule has 2 heterocycles. The molecule has 0 saturated heterocycles. The fourth-order valence-electron chi connectivity index (χ4n) is 9.07. The van der Waals surface area contributed by atoms with Gasteiger partial charge in [-0.25, -0.2) is 0 Å². The van der Waals surface area contributed by atoms with Crippen LogP contribution in [0.1, 0.15) is 49.9 Å². The Bertz CT molecular complexity index is 2520. The van der Waals surface area contributed by atoms with Crippen molar-refractivity contribution in [3.63, 3.8) is 0 Å². The third-order valence-corrected chi connectivity index (χ3v) is 11.2. The van der Waals surface area contributed by atoms with Gasteiger partial charge in [-0.05, 0) is 97.0 Å². The topological polar surface area (TPSA) is 6.25 Å². The van der Waals surface area contributed by atoms with Gasteiger partial charge in [0.25, 0.3) is 0 Å². The molecule has 0 fully saturated rings. The molecule has 0 aliphatic carbocycles. The maximum absolute atomic E-state index is 10.7.